The SMILES string of the molecule is CCCCCC/C=C\CCCCCCCCCC(=O)OC(COC(=O)CCC/C=C\C/C=C\C/C=C\CCCCCCCC)COP(=O)(O)OCCNC. The van der Waals surface area contributed by atoms with Crippen molar-refractivity contribution in [1.29, 1.82) is 0 Å². The van der Waals surface area contributed by atoms with Crippen LogP contribution in [0, 0.1) is 0 Å². The minimum Gasteiger partial charge on any atom is -0.462 e. The summed E-state index contributed by atoms with van der Waals surface area (Å²) in [6.07, 6.45) is 44.4. The molecule has 2 N–H and O–H groups in total. The van der Waals surface area contributed by atoms with Crippen LogP contribution >= 0.6 is 7.82 Å². The van der Waals surface area contributed by atoms with E-state index in [2.05, 4.69) is 67.8 Å². The van der Waals surface area contributed by atoms with Crippen LogP contribution in [0.5, 0.6) is 0 Å². The van der Waals surface area contributed by atoms with E-state index in [1.165, 1.54) is 89.9 Å². The number of carbonyl (C=O) groups is 2. The third kappa shape index (κ3) is 39.7. The molecule has 0 aliphatic rings. The molecule has 0 aliphatic heterocycles. The molecule has 314 valence electrons. The third-order valence-corrected chi connectivity index (χ3v) is 9.91. The molecule has 10 heteroatoms. The lowest BCUT2D eigenvalue weighted by atomic mass is 10.1. The molecule has 0 saturated heterocycles. The molecule has 9 nitrogen and oxygen atoms in total. The fourth-order valence-corrected chi connectivity index (χ4v) is 6.37. The summed E-state index contributed by atoms with van der Waals surface area (Å²) in [5, 5.41) is 2.82. The lowest BCUT2D eigenvalue weighted by Crippen LogP contribution is -2.29. The van der Waals surface area contributed by atoms with Gasteiger partial charge in [-0.2, -0.15) is 0 Å². The van der Waals surface area contributed by atoms with Crippen molar-refractivity contribution >= 4 is 19.8 Å². The summed E-state index contributed by atoms with van der Waals surface area (Å²) < 4.78 is 33.1. The fraction of sp³-hybridized carbons (Fsp3) is 0.773. The molecule has 0 aromatic carbocycles. The number of allylic oxidation sites excluding steroid dienone is 8. The first-order valence-corrected chi connectivity index (χ1v) is 23.1. The van der Waals surface area contributed by atoms with Crippen LogP contribution in [0.15, 0.2) is 48.6 Å². The quantitative estimate of drug-likeness (QED) is 0.0271. The summed E-state index contributed by atoms with van der Waals surface area (Å²) in [6.45, 7) is 4.14. The second-order valence-corrected chi connectivity index (χ2v) is 15.6. The first-order valence-electron chi connectivity index (χ1n) is 21.6. The van der Waals surface area contributed by atoms with Crippen LogP contribution in [-0.2, 0) is 32.7 Å². The second kappa shape index (κ2) is 40.6. The minimum absolute atomic E-state index is 0.0264. The number of hydrogen-bond donors (Lipinski definition) is 2. The fourth-order valence-electron chi connectivity index (χ4n) is 5.62. The zero-order valence-corrected chi connectivity index (χ0v) is 35.6. The molecule has 0 amide bonds. The Morgan fingerprint density at radius 2 is 1.02 bits per heavy atom. The maximum Gasteiger partial charge on any atom is 0.472 e. The van der Waals surface area contributed by atoms with E-state index in [0.717, 1.165) is 51.4 Å². The Kier molecular flexibility index (Phi) is 39.1. The largest absolute Gasteiger partial charge is 0.472 e. The molecular weight excluding hydrogens is 701 g/mol. The Hall–Kier alpha value is -2.03. The van der Waals surface area contributed by atoms with Gasteiger partial charge < -0.3 is 19.7 Å². The van der Waals surface area contributed by atoms with Gasteiger partial charge in [0.1, 0.15) is 6.61 Å². The van der Waals surface area contributed by atoms with E-state index >= 15 is 0 Å². The number of esters is 2. The molecule has 2 atom stereocenters. The highest BCUT2D eigenvalue weighted by Gasteiger charge is 2.26. The molecule has 0 saturated carbocycles. The van der Waals surface area contributed by atoms with Crippen molar-refractivity contribution in [2.45, 2.75) is 187 Å². The van der Waals surface area contributed by atoms with Crippen LogP contribution in [0.3, 0.4) is 0 Å². The van der Waals surface area contributed by atoms with Crippen LogP contribution in [0.2, 0.25) is 0 Å². The maximum absolute atomic E-state index is 12.6. The van der Waals surface area contributed by atoms with Crippen molar-refractivity contribution in [1.82, 2.24) is 5.32 Å². The average molecular weight is 782 g/mol. The van der Waals surface area contributed by atoms with Crippen molar-refractivity contribution in [3.63, 3.8) is 0 Å². The lowest BCUT2D eigenvalue weighted by molar-refractivity contribution is -0.161. The van der Waals surface area contributed by atoms with Gasteiger partial charge in [-0.05, 0) is 77.7 Å². The first-order chi connectivity index (χ1) is 26.3. The van der Waals surface area contributed by atoms with Crippen LogP contribution in [0.1, 0.15) is 181 Å². The normalized spacial score (nSPS) is 13.8. The van der Waals surface area contributed by atoms with Crippen LogP contribution in [-0.4, -0.2) is 56.3 Å². The van der Waals surface area contributed by atoms with Crippen molar-refractivity contribution < 1.29 is 37.6 Å². The molecular formula is C44H80NO8P. The second-order valence-electron chi connectivity index (χ2n) is 14.2. The predicted octanol–water partition coefficient (Wildman–Crippen LogP) is 12.2. The van der Waals surface area contributed by atoms with Gasteiger partial charge in [0.2, 0.25) is 0 Å². The van der Waals surface area contributed by atoms with Gasteiger partial charge in [0.25, 0.3) is 0 Å². The van der Waals surface area contributed by atoms with E-state index in [1.807, 2.05) is 0 Å². The highest BCUT2D eigenvalue weighted by Crippen LogP contribution is 2.43. The highest BCUT2D eigenvalue weighted by molar-refractivity contribution is 7.47. The van der Waals surface area contributed by atoms with Crippen LogP contribution < -0.4 is 5.32 Å². The summed E-state index contributed by atoms with van der Waals surface area (Å²) in [5.41, 5.74) is 0. The molecule has 0 aliphatic carbocycles. The summed E-state index contributed by atoms with van der Waals surface area (Å²) in [7, 11) is -2.67. The molecule has 0 fully saturated rings. The number of unbranched alkanes of at least 4 members (excludes halogenated alkanes) is 18. The van der Waals surface area contributed by atoms with Gasteiger partial charge in [0.05, 0.1) is 13.2 Å². The smallest absolute Gasteiger partial charge is 0.462 e. The van der Waals surface area contributed by atoms with E-state index in [-0.39, 0.29) is 26.1 Å². The zero-order valence-electron chi connectivity index (χ0n) is 34.7. The van der Waals surface area contributed by atoms with E-state index in [1.54, 1.807) is 7.05 Å². The van der Waals surface area contributed by atoms with Crippen molar-refractivity contribution in [3.05, 3.63) is 48.6 Å². The Bertz CT molecular complexity index is 1030. The van der Waals surface area contributed by atoms with Gasteiger partial charge in [-0.25, -0.2) is 4.57 Å². The van der Waals surface area contributed by atoms with Crippen LogP contribution in [0.25, 0.3) is 0 Å². The number of nitrogens with one attached hydrogen (secondary N) is 1. The zero-order chi connectivity index (χ0) is 39.6. The lowest BCUT2D eigenvalue weighted by Gasteiger charge is -2.20. The number of phosphoric ester groups is 1. The van der Waals surface area contributed by atoms with Gasteiger partial charge in [0, 0.05) is 19.4 Å². The van der Waals surface area contributed by atoms with Gasteiger partial charge in [-0.3, -0.25) is 18.6 Å². The number of carbonyl (C=O) groups excluding carboxylic acids is 2. The molecule has 0 radical (unpaired) electrons. The molecule has 0 spiro atoms. The Balaban J connectivity index is 4.32. The van der Waals surface area contributed by atoms with Crippen molar-refractivity contribution in [2.75, 3.05) is 33.4 Å². The molecule has 54 heavy (non-hydrogen) atoms. The maximum atomic E-state index is 12.6. The molecule has 0 heterocycles. The van der Waals surface area contributed by atoms with Crippen LogP contribution in [0.4, 0.5) is 0 Å². The summed E-state index contributed by atoms with van der Waals surface area (Å²) in [5.74, 6) is -0.874. The van der Waals surface area contributed by atoms with Gasteiger partial charge in [-0.15, -0.1) is 0 Å². The van der Waals surface area contributed by atoms with E-state index in [4.69, 9.17) is 18.5 Å². The summed E-state index contributed by atoms with van der Waals surface area (Å²) in [4.78, 5) is 35.0. The monoisotopic (exact) mass is 782 g/mol. The molecule has 0 bridgehead atoms. The molecule has 0 aromatic heterocycles. The number of phosphoric acid groups is 1. The number of likely N-dealkylation sites (N-methyl/N-ethyl adjacent to an activating group) is 1. The topological polar surface area (TPSA) is 120 Å². The van der Waals surface area contributed by atoms with Gasteiger partial charge >= 0.3 is 19.8 Å². The Morgan fingerprint density at radius 1 is 0.574 bits per heavy atom. The predicted molar refractivity (Wildman–Crippen MR) is 224 cm³/mol. The van der Waals surface area contributed by atoms with Crippen molar-refractivity contribution in [3.8, 4) is 0 Å². The first kappa shape index (κ1) is 52.0. The summed E-state index contributed by atoms with van der Waals surface area (Å²) >= 11 is 0. The number of ether oxygens (including phenoxy) is 2. The highest BCUT2D eigenvalue weighted by atomic mass is 31.2. The molecule has 0 rings (SSSR count). The number of rotatable bonds is 40. The molecule has 0 aromatic rings. The number of hydrogen-bond acceptors (Lipinski definition) is 8. The summed E-state index contributed by atoms with van der Waals surface area (Å²) in [6, 6.07) is 0. The van der Waals surface area contributed by atoms with E-state index < -0.39 is 32.5 Å². The standard InChI is InChI=1S/C44H80NO8P/c1-4-6-8-10-12-14-16-18-20-21-23-24-26-28-30-32-34-36-43(46)50-40-42(41-52-54(48,49)51-39-38-45-3)53-44(47)37-35-33-31-29-27-25-22-19-17-15-13-11-9-7-5-2/h15,17-18,20,23-24,28,30,42,45H,4-14,16,19,21-22,25-27,29,31-41H2,1-3H3,(H,48,49)/b17-15-,20-18-,24-23-,30-28-. The Labute approximate surface area is 330 Å². The van der Waals surface area contributed by atoms with E-state index in [0.29, 0.717) is 19.4 Å². The van der Waals surface area contributed by atoms with E-state index in [9.17, 15) is 19.0 Å². The van der Waals surface area contributed by atoms with Gasteiger partial charge in [-0.1, -0.05) is 146 Å². The Morgan fingerprint density at radius 3 is 1.57 bits per heavy atom. The molecule has 2 unspecified atom stereocenters. The third-order valence-electron chi connectivity index (χ3n) is 8.92. The minimum atomic E-state index is -4.36. The average Bonchev–Trinajstić information content (AvgIpc) is 3.15. The van der Waals surface area contributed by atoms with Gasteiger partial charge in [0.15, 0.2) is 6.10 Å². The van der Waals surface area contributed by atoms with Crippen molar-refractivity contribution in [2.24, 2.45) is 0 Å².